The maximum Gasteiger partial charge on any atom is 0.120 e. The number of H-pyrrole nitrogens is 1. The van der Waals surface area contributed by atoms with Crippen LogP contribution in [0.5, 0.6) is 0 Å². The van der Waals surface area contributed by atoms with Gasteiger partial charge in [-0.2, -0.15) is 0 Å². The molecule has 1 aromatic heterocycles. The fraction of sp³-hybridized carbons (Fsp3) is 0. The summed E-state index contributed by atoms with van der Waals surface area (Å²) in [7, 11) is 0. The van der Waals surface area contributed by atoms with Crippen LogP contribution in [0.25, 0.3) is 11.0 Å². The van der Waals surface area contributed by atoms with Gasteiger partial charge >= 0.3 is 0 Å². The van der Waals surface area contributed by atoms with Gasteiger partial charge in [-0.3, -0.25) is 5.10 Å². The van der Waals surface area contributed by atoms with Gasteiger partial charge in [0.15, 0.2) is 0 Å². The highest BCUT2D eigenvalue weighted by Gasteiger charge is 1.90. The topological polar surface area (TPSA) is 41.6 Å². The van der Waals surface area contributed by atoms with Crippen LogP contribution in [0.2, 0.25) is 0 Å². The summed E-state index contributed by atoms with van der Waals surface area (Å²) in [5.74, 6) is 0. The van der Waals surface area contributed by atoms with E-state index in [-0.39, 0.29) is 12.1 Å². The molecule has 0 bridgehead atoms. The quantitative estimate of drug-likeness (QED) is 0.557. The van der Waals surface area contributed by atoms with Crippen molar-refractivity contribution in [2.24, 2.45) is 0 Å². The maximum absolute atomic E-state index is 7.25. The highest BCUT2D eigenvalue weighted by Crippen LogP contribution is 2.02. The summed E-state index contributed by atoms with van der Waals surface area (Å²) in [5, 5.41) is 9.76. The van der Waals surface area contributed by atoms with Gasteiger partial charge in [0.25, 0.3) is 0 Å². The van der Waals surface area contributed by atoms with Gasteiger partial charge in [0.2, 0.25) is 0 Å². The van der Waals surface area contributed by atoms with Gasteiger partial charge < -0.3 is 0 Å². The molecular formula is C6H4N3. The highest BCUT2D eigenvalue weighted by molar-refractivity contribution is 5.71. The number of rotatable bonds is 0. The molecule has 0 unspecified atom stereocenters. The van der Waals surface area contributed by atoms with E-state index in [1.807, 2.05) is 0 Å². The lowest BCUT2D eigenvalue weighted by Gasteiger charge is -1.78. The van der Waals surface area contributed by atoms with E-state index in [0.29, 0.717) is 11.0 Å². The molecule has 1 aromatic carbocycles. The van der Waals surface area contributed by atoms with Crippen LogP contribution in [0.1, 0.15) is 2.74 Å². The second kappa shape index (κ2) is 1.55. The highest BCUT2D eigenvalue weighted by atomic mass is 15.3. The van der Waals surface area contributed by atoms with E-state index >= 15 is 0 Å². The monoisotopic (exact) mass is 120 g/mol. The molecule has 0 aliphatic rings. The Morgan fingerprint density at radius 3 is 3.78 bits per heavy atom. The Morgan fingerprint density at radius 1 is 1.78 bits per heavy atom. The van der Waals surface area contributed by atoms with Gasteiger partial charge in [0, 0.05) is 6.07 Å². The first kappa shape index (κ1) is 2.96. The largest absolute Gasteiger partial charge is 0.258 e. The smallest absolute Gasteiger partial charge is 0.120 e. The zero-order valence-electron chi connectivity index (χ0n) is 6.47. The number of fused-ring (bicyclic) bond motifs is 1. The molecule has 0 fully saturated rings. The third kappa shape index (κ3) is 0.579. The van der Waals surface area contributed by atoms with Crippen molar-refractivity contribution < 1.29 is 2.74 Å². The molecule has 43 valence electrons. The Bertz CT molecular complexity index is 360. The molecular weight excluding hydrogens is 114 g/mol. The molecule has 2 aromatic rings. The summed E-state index contributed by atoms with van der Waals surface area (Å²) in [6, 6.07) is 4.30. The molecule has 3 heteroatoms. The number of hydrogen-bond donors (Lipinski definition) is 1. The first-order valence-corrected chi connectivity index (χ1v) is 2.47. The summed E-state index contributed by atoms with van der Waals surface area (Å²) in [6.07, 6.45) is 0. The molecule has 1 radical (unpaired) electrons. The van der Waals surface area contributed by atoms with E-state index in [1.54, 1.807) is 0 Å². The Morgan fingerprint density at radius 2 is 2.78 bits per heavy atom. The van der Waals surface area contributed by atoms with Crippen molar-refractivity contribution in [1.82, 2.24) is 15.4 Å². The number of nitrogens with zero attached hydrogens (tertiary/aromatic N) is 2. The van der Waals surface area contributed by atoms with Gasteiger partial charge in [-0.05, 0) is 6.07 Å². The second-order valence-corrected chi connectivity index (χ2v) is 1.61. The Hall–Kier alpha value is -1.38. The molecule has 2 rings (SSSR count). The van der Waals surface area contributed by atoms with Crippen LogP contribution in [0.3, 0.4) is 0 Å². The summed E-state index contributed by atoms with van der Waals surface area (Å²) in [6.45, 7) is 0. The molecule has 1 heterocycles. The van der Waals surface area contributed by atoms with Crippen molar-refractivity contribution in [1.29, 1.82) is 0 Å². The van der Waals surface area contributed by atoms with Crippen LogP contribution in [-0.4, -0.2) is 15.4 Å². The van der Waals surface area contributed by atoms with Crippen molar-refractivity contribution in [3.05, 3.63) is 24.2 Å². The van der Waals surface area contributed by atoms with Crippen molar-refractivity contribution in [2.45, 2.75) is 0 Å². The molecule has 3 nitrogen and oxygen atoms in total. The van der Waals surface area contributed by atoms with Gasteiger partial charge in [0.1, 0.15) is 5.52 Å². The lowest BCUT2D eigenvalue weighted by molar-refractivity contribution is 0.959. The van der Waals surface area contributed by atoms with E-state index in [4.69, 9.17) is 2.74 Å². The fourth-order valence-corrected chi connectivity index (χ4v) is 0.632. The molecule has 0 spiro atoms. The van der Waals surface area contributed by atoms with Gasteiger partial charge in [0.05, 0.1) is 8.26 Å². The molecule has 0 atom stereocenters. The number of hydrogen-bond acceptors (Lipinski definition) is 2. The van der Waals surface area contributed by atoms with E-state index < -0.39 is 0 Å². The lowest BCUT2D eigenvalue weighted by atomic mass is 10.3. The molecule has 0 saturated carbocycles. The molecule has 9 heavy (non-hydrogen) atoms. The van der Waals surface area contributed by atoms with Crippen LogP contribution in [0, 0.1) is 6.07 Å². The second-order valence-electron chi connectivity index (χ2n) is 1.61. The van der Waals surface area contributed by atoms with Gasteiger partial charge in [-0.1, -0.05) is 17.3 Å². The molecule has 0 aliphatic heterocycles. The van der Waals surface area contributed by atoms with E-state index in [2.05, 4.69) is 21.5 Å². The average molecular weight is 120 g/mol. The summed E-state index contributed by atoms with van der Waals surface area (Å²) >= 11 is 0. The maximum atomic E-state index is 7.25. The van der Waals surface area contributed by atoms with Crippen molar-refractivity contribution in [3.8, 4) is 0 Å². The Kier molecular flexibility index (Phi) is 0.509. The third-order valence-electron chi connectivity index (χ3n) is 1.05. The van der Waals surface area contributed by atoms with Crippen molar-refractivity contribution in [2.75, 3.05) is 0 Å². The normalized spacial score (nSPS) is 13.3. The first-order valence-electron chi connectivity index (χ1n) is 3.47. The van der Waals surface area contributed by atoms with Crippen LogP contribution in [-0.2, 0) is 0 Å². The Balaban J connectivity index is 2.86. The first-order chi connectivity index (χ1) is 5.27. The average Bonchev–Trinajstić information content (AvgIpc) is 2.36. The van der Waals surface area contributed by atoms with Gasteiger partial charge in [-0.25, -0.2) is 0 Å². The standard InChI is InChI=1S/C6H4N3/c1-2-4-6-5(3-1)7-9-8-6/h1-3H,(H,7,8,9)/i1D,2D. The van der Waals surface area contributed by atoms with Gasteiger partial charge in [-0.15, -0.1) is 5.10 Å². The SMILES string of the molecule is [2H]c1[c]c2nn[nH]c2cc1[2H]. The predicted molar refractivity (Wildman–Crippen MR) is 32.7 cm³/mol. The minimum absolute atomic E-state index is 0.0476. The summed E-state index contributed by atoms with van der Waals surface area (Å²) in [5.41, 5.74) is 1.15. The van der Waals surface area contributed by atoms with Crippen molar-refractivity contribution >= 4 is 11.0 Å². The number of benzene rings is 1. The summed E-state index contributed by atoms with van der Waals surface area (Å²) < 4.78 is 14.5. The predicted octanol–water partition coefficient (Wildman–Crippen LogP) is 0.758. The van der Waals surface area contributed by atoms with Crippen LogP contribution < -0.4 is 0 Å². The molecule has 0 saturated heterocycles. The van der Waals surface area contributed by atoms with Crippen LogP contribution >= 0.6 is 0 Å². The zero-order chi connectivity index (χ0) is 7.84. The van der Waals surface area contributed by atoms with Crippen molar-refractivity contribution in [3.63, 3.8) is 0 Å². The minimum atomic E-state index is 0.0476. The Labute approximate surface area is 54.5 Å². The number of nitrogens with one attached hydrogen (secondary N) is 1. The van der Waals surface area contributed by atoms with E-state index in [0.717, 1.165) is 0 Å². The van der Waals surface area contributed by atoms with Crippen LogP contribution in [0.4, 0.5) is 0 Å². The molecule has 1 N–H and O–H groups in total. The lowest BCUT2D eigenvalue weighted by Crippen LogP contribution is -1.64. The van der Waals surface area contributed by atoms with Crippen LogP contribution in [0.15, 0.2) is 18.2 Å². The minimum Gasteiger partial charge on any atom is -0.258 e. The molecule has 0 amide bonds. The molecule has 0 aliphatic carbocycles. The number of aromatic nitrogens is 3. The fourth-order valence-electron chi connectivity index (χ4n) is 0.632. The number of aromatic amines is 1. The van der Waals surface area contributed by atoms with E-state index in [9.17, 15) is 0 Å². The van der Waals surface area contributed by atoms with E-state index in [1.165, 1.54) is 6.07 Å². The zero-order valence-corrected chi connectivity index (χ0v) is 4.47. The third-order valence-corrected chi connectivity index (χ3v) is 1.05. The summed E-state index contributed by atoms with van der Waals surface area (Å²) in [4.78, 5) is 0.